The first-order chi connectivity index (χ1) is 14.6. The first-order valence-electron chi connectivity index (χ1n) is 9.00. The van der Waals surface area contributed by atoms with Crippen LogP contribution in [0.5, 0.6) is 23.0 Å². The Labute approximate surface area is 180 Å². The van der Waals surface area contributed by atoms with Crippen molar-refractivity contribution in [2.24, 2.45) is 0 Å². The average molecular weight is 429 g/mol. The minimum Gasteiger partial charge on any atom is -0.496 e. The van der Waals surface area contributed by atoms with E-state index in [0.717, 1.165) is 16.8 Å². The maximum absolute atomic E-state index is 5.46. The predicted octanol–water partition coefficient (Wildman–Crippen LogP) is 3.86. The highest BCUT2D eigenvalue weighted by molar-refractivity contribution is 7.80. The highest BCUT2D eigenvalue weighted by Gasteiger charge is 2.14. The van der Waals surface area contributed by atoms with Gasteiger partial charge in [-0.2, -0.15) is 0 Å². The summed E-state index contributed by atoms with van der Waals surface area (Å²) < 4.78 is 26.9. The Morgan fingerprint density at radius 2 is 1.67 bits per heavy atom. The van der Waals surface area contributed by atoms with Gasteiger partial charge in [0.15, 0.2) is 28.8 Å². The molecule has 0 saturated heterocycles. The number of methoxy groups -OCH3 is 4. The second-order valence-electron chi connectivity index (χ2n) is 6.12. The van der Waals surface area contributed by atoms with Crippen molar-refractivity contribution in [3.8, 4) is 34.3 Å². The lowest BCUT2D eigenvalue weighted by atomic mass is 10.1. The van der Waals surface area contributed by atoms with Gasteiger partial charge in [-0.25, -0.2) is 4.98 Å². The van der Waals surface area contributed by atoms with Crippen molar-refractivity contribution in [3.05, 3.63) is 48.5 Å². The van der Waals surface area contributed by atoms with Gasteiger partial charge in [0.25, 0.3) is 0 Å². The number of anilines is 1. The van der Waals surface area contributed by atoms with E-state index in [0.29, 0.717) is 40.4 Å². The van der Waals surface area contributed by atoms with Crippen LogP contribution in [0.15, 0.2) is 47.3 Å². The van der Waals surface area contributed by atoms with Crippen molar-refractivity contribution in [1.82, 2.24) is 10.3 Å². The molecule has 0 bridgehead atoms. The molecule has 0 atom stereocenters. The normalized spacial score (nSPS) is 10.3. The molecule has 3 aromatic rings. The summed E-state index contributed by atoms with van der Waals surface area (Å²) in [6, 6.07) is 9.33. The lowest BCUT2D eigenvalue weighted by Crippen LogP contribution is -2.27. The zero-order chi connectivity index (χ0) is 21.5. The van der Waals surface area contributed by atoms with Crippen LogP contribution in [-0.4, -0.2) is 38.5 Å². The Kier molecular flexibility index (Phi) is 6.97. The lowest BCUT2D eigenvalue weighted by Gasteiger charge is -2.16. The van der Waals surface area contributed by atoms with Crippen LogP contribution in [0, 0.1) is 0 Å². The third kappa shape index (κ3) is 4.74. The van der Waals surface area contributed by atoms with E-state index in [2.05, 4.69) is 15.6 Å². The number of hydrogen-bond donors (Lipinski definition) is 2. The maximum atomic E-state index is 5.46. The summed E-state index contributed by atoms with van der Waals surface area (Å²) in [4.78, 5) is 3.94. The monoisotopic (exact) mass is 429 g/mol. The third-order valence-corrected chi connectivity index (χ3v) is 4.58. The van der Waals surface area contributed by atoms with Crippen molar-refractivity contribution in [1.29, 1.82) is 0 Å². The van der Waals surface area contributed by atoms with Gasteiger partial charge < -0.3 is 34.0 Å². The van der Waals surface area contributed by atoms with Gasteiger partial charge in [0.2, 0.25) is 5.75 Å². The molecular weight excluding hydrogens is 406 g/mol. The number of oxazole rings is 1. The van der Waals surface area contributed by atoms with Crippen LogP contribution >= 0.6 is 12.2 Å². The summed E-state index contributed by atoms with van der Waals surface area (Å²) in [5.74, 6) is 2.98. The number of rotatable bonds is 8. The van der Waals surface area contributed by atoms with Gasteiger partial charge in [0, 0.05) is 18.3 Å². The largest absolute Gasteiger partial charge is 0.496 e. The Morgan fingerprint density at radius 3 is 2.23 bits per heavy atom. The molecule has 0 aliphatic heterocycles. The van der Waals surface area contributed by atoms with E-state index in [1.165, 1.54) is 6.39 Å². The van der Waals surface area contributed by atoms with E-state index in [1.54, 1.807) is 34.6 Å². The van der Waals surface area contributed by atoms with Crippen molar-refractivity contribution in [2.75, 3.05) is 33.8 Å². The first-order valence-corrected chi connectivity index (χ1v) is 9.41. The highest BCUT2D eigenvalue weighted by atomic mass is 32.1. The van der Waals surface area contributed by atoms with Crippen LogP contribution in [-0.2, 0) is 6.54 Å². The molecular formula is C21H23N3O5S. The van der Waals surface area contributed by atoms with Crippen molar-refractivity contribution in [2.45, 2.75) is 6.54 Å². The smallest absolute Gasteiger partial charge is 0.203 e. The summed E-state index contributed by atoms with van der Waals surface area (Å²) >= 11 is 5.42. The van der Waals surface area contributed by atoms with Crippen LogP contribution in [0.3, 0.4) is 0 Å². The number of hydrogen-bond acceptors (Lipinski definition) is 7. The molecule has 3 rings (SSSR count). The molecule has 0 spiro atoms. The van der Waals surface area contributed by atoms with E-state index in [4.69, 9.17) is 35.6 Å². The van der Waals surface area contributed by atoms with Gasteiger partial charge in [-0.05, 0) is 42.0 Å². The van der Waals surface area contributed by atoms with Gasteiger partial charge in [-0.15, -0.1) is 0 Å². The van der Waals surface area contributed by atoms with Gasteiger partial charge in [0.05, 0.1) is 40.2 Å². The molecule has 9 heteroatoms. The molecule has 1 heterocycles. The molecule has 2 aromatic carbocycles. The van der Waals surface area contributed by atoms with E-state index in [9.17, 15) is 0 Å². The molecule has 30 heavy (non-hydrogen) atoms. The number of thiocarbonyl (C=S) groups is 1. The SMILES string of the molecule is COc1cc(NC(=S)NCc2cc(OC)c(OC)c(OC)c2)ccc1-c1cnco1. The number of benzene rings is 2. The van der Waals surface area contributed by atoms with Crippen LogP contribution in [0.25, 0.3) is 11.3 Å². The topological polar surface area (TPSA) is 87.0 Å². The van der Waals surface area contributed by atoms with Crippen LogP contribution in [0.4, 0.5) is 5.69 Å². The third-order valence-electron chi connectivity index (χ3n) is 4.33. The summed E-state index contributed by atoms with van der Waals surface area (Å²) in [7, 11) is 6.33. The molecule has 1 aromatic heterocycles. The quantitative estimate of drug-likeness (QED) is 0.518. The Bertz CT molecular complexity index is 983. The second-order valence-corrected chi connectivity index (χ2v) is 6.53. The van der Waals surface area contributed by atoms with Gasteiger partial charge >= 0.3 is 0 Å². The van der Waals surface area contributed by atoms with Crippen LogP contribution in [0.1, 0.15) is 5.56 Å². The fourth-order valence-electron chi connectivity index (χ4n) is 2.92. The van der Waals surface area contributed by atoms with E-state index >= 15 is 0 Å². The molecule has 2 N–H and O–H groups in total. The molecule has 158 valence electrons. The van der Waals surface area contributed by atoms with Crippen LogP contribution < -0.4 is 29.6 Å². The summed E-state index contributed by atoms with van der Waals surface area (Å²) in [5, 5.41) is 6.77. The Hall–Kier alpha value is -3.46. The number of ether oxygens (including phenoxy) is 4. The Balaban J connectivity index is 1.68. The number of aromatic nitrogens is 1. The lowest BCUT2D eigenvalue weighted by molar-refractivity contribution is 0.323. The fraction of sp³-hybridized carbons (Fsp3) is 0.238. The molecule has 0 aliphatic carbocycles. The molecule has 0 fully saturated rings. The van der Waals surface area contributed by atoms with Crippen molar-refractivity contribution >= 4 is 23.0 Å². The fourth-order valence-corrected chi connectivity index (χ4v) is 3.11. The van der Waals surface area contributed by atoms with Gasteiger partial charge in [-0.3, -0.25) is 0 Å². The Morgan fingerprint density at radius 1 is 0.967 bits per heavy atom. The molecule has 0 unspecified atom stereocenters. The summed E-state index contributed by atoms with van der Waals surface area (Å²) in [6.07, 6.45) is 3.01. The standard InChI is InChI=1S/C21H23N3O5S/c1-25-16-9-14(5-6-15(16)19-11-22-12-29-19)24-21(30)23-10-13-7-17(26-2)20(28-4)18(8-13)27-3/h5-9,11-12H,10H2,1-4H3,(H2,23,24,30). The first kappa shape index (κ1) is 21.3. The zero-order valence-electron chi connectivity index (χ0n) is 17.1. The summed E-state index contributed by atoms with van der Waals surface area (Å²) in [6.45, 7) is 0.468. The number of nitrogens with one attached hydrogen (secondary N) is 2. The number of nitrogens with zero attached hydrogens (tertiary/aromatic N) is 1. The minimum absolute atomic E-state index is 0.457. The van der Waals surface area contributed by atoms with Crippen molar-refractivity contribution < 1.29 is 23.4 Å². The van der Waals surface area contributed by atoms with Crippen LogP contribution in [0.2, 0.25) is 0 Å². The molecule has 0 saturated carbocycles. The van der Waals surface area contributed by atoms with Gasteiger partial charge in [0.1, 0.15) is 5.75 Å². The maximum Gasteiger partial charge on any atom is 0.203 e. The van der Waals surface area contributed by atoms with E-state index < -0.39 is 0 Å². The summed E-state index contributed by atoms with van der Waals surface area (Å²) in [5.41, 5.74) is 2.50. The van der Waals surface area contributed by atoms with E-state index in [-0.39, 0.29) is 0 Å². The molecule has 0 radical (unpaired) electrons. The highest BCUT2D eigenvalue weighted by Crippen LogP contribution is 2.38. The molecule has 0 amide bonds. The van der Waals surface area contributed by atoms with E-state index in [1.807, 2.05) is 30.3 Å². The predicted molar refractivity (Wildman–Crippen MR) is 118 cm³/mol. The van der Waals surface area contributed by atoms with Gasteiger partial charge in [-0.1, -0.05) is 0 Å². The van der Waals surface area contributed by atoms with Crippen molar-refractivity contribution in [3.63, 3.8) is 0 Å². The zero-order valence-corrected chi connectivity index (χ0v) is 18.0. The average Bonchev–Trinajstić information content (AvgIpc) is 3.31. The second kappa shape index (κ2) is 9.84. The molecule has 8 nitrogen and oxygen atoms in total. The minimum atomic E-state index is 0.457. The molecule has 0 aliphatic rings.